The molecule has 0 unspecified atom stereocenters. The average molecular weight is 329 g/mol. The molecule has 0 fully saturated rings. The molecule has 110 valence electrons. The molecule has 0 bridgehead atoms. The van der Waals surface area contributed by atoms with Crippen molar-refractivity contribution in [1.82, 2.24) is 0 Å². The van der Waals surface area contributed by atoms with Gasteiger partial charge in [-0.1, -0.05) is 12.1 Å². The van der Waals surface area contributed by atoms with E-state index in [-0.39, 0.29) is 28.8 Å². The monoisotopic (exact) mass is 329 g/mol. The van der Waals surface area contributed by atoms with Crippen molar-refractivity contribution in [2.45, 2.75) is 6.92 Å². The van der Waals surface area contributed by atoms with Crippen LogP contribution in [0.4, 0.5) is 10.1 Å². The first-order valence-electron chi connectivity index (χ1n) is 5.24. The van der Waals surface area contributed by atoms with E-state index in [0.717, 1.165) is 0 Å². The molecule has 0 N–H and O–H groups in total. The second-order valence-electron chi connectivity index (χ2n) is 3.07. The summed E-state index contributed by atoms with van der Waals surface area (Å²) in [6, 6.07) is 15.4. The quantitative estimate of drug-likeness (QED) is 0.447. The Labute approximate surface area is 133 Å². The molecule has 2 aromatic rings. The molecule has 0 radical (unpaired) electrons. The normalized spacial score (nSPS) is 6.95. The fourth-order valence-corrected chi connectivity index (χ4v) is 1.02. The van der Waals surface area contributed by atoms with Crippen LogP contribution in [0.15, 0.2) is 54.6 Å². The third-order valence-corrected chi connectivity index (χ3v) is 1.67. The van der Waals surface area contributed by atoms with Crippen molar-refractivity contribution in [1.29, 1.82) is 0 Å². The molecular weight excluding hydrogens is 317 g/mol. The van der Waals surface area contributed by atoms with Crippen LogP contribution in [0.5, 0.6) is 0 Å². The van der Waals surface area contributed by atoms with E-state index in [1.165, 1.54) is 31.2 Å². The molecule has 0 aliphatic rings. The third-order valence-electron chi connectivity index (χ3n) is 1.67. The maximum atomic E-state index is 12.3. The van der Waals surface area contributed by atoms with Gasteiger partial charge in [-0.05, 0) is 19.1 Å². The van der Waals surface area contributed by atoms with Gasteiger partial charge in [0.1, 0.15) is 5.82 Å². The van der Waals surface area contributed by atoms with E-state index in [4.69, 9.17) is 9.30 Å². The van der Waals surface area contributed by atoms with Crippen LogP contribution in [0, 0.1) is 19.1 Å². The van der Waals surface area contributed by atoms with E-state index in [0.29, 0.717) is 5.69 Å². The van der Waals surface area contributed by atoms with E-state index >= 15 is 0 Å². The van der Waals surface area contributed by atoms with Gasteiger partial charge in [0.05, 0.1) is 5.91 Å². The number of nitrogens with zero attached hydrogens (tertiary/aromatic N) is 1. The molecule has 21 heavy (non-hydrogen) atoms. The summed E-state index contributed by atoms with van der Waals surface area (Å²) in [5.41, 5.74) is 0.485. The molecule has 0 heterocycles. The molecule has 0 aliphatic carbocycles. The van der Waals surface area contributed by atoms with Crippen LogP contribution < -0.4 is 0 Å². The molecule has 0 aromatic heterocycles. The van der Waals surface area contributed by atoms with Crippen LogP contribution in [0.1, 0.15) is 6.92 Å². The largest absolute Gasteiger partial charge is 2.00 e. The van der Waals surface area contributed by atoms with E-state index in [1.807, 2.05) is 30.3 Å². The van der Waals surface area contributed by atoms with Crippen LogP contribution in [0.3, 0.4) is 0 Å². The molecular formula is C15H12FFeNO3. The zero-order chi connectivity index (χ0) is 15.8. The smallest absolute Gasteiger partial charge is 0.214 e. The fraction of sp³-hybridized carbons (Fsp3) is 0.0667. The van der Waals surface area contributed by atoms with Crippen molar-refractivity contribution in [3.05, 3.63) is 79.0 Å². The van der Waals surface area contributed by atoms with Gasteiger partial charge < -0.3 is 10.1 Å². The van der Waals surface area contributed by atoms with Gasteiger partial charge in [-0.2, -0.15) is 18.2 Å². The molecule has 0 saturated heterocycles. The van der Waals surface area contributed by atoms with E-state index < -0.39 is 0 Å². The second-order valence-corrected chi connectivity index (χ2v) is 3.07. The third kappa shape index (κ3) is 15.9. The van der Waals surface area contributed by atoms with Crippen LogP contribution in [0.25, 0.3) is 5.32 Å². The summed E-state index contributed by atoms with van der Waals surface area (Å²) < 4.78 is 27.3. The minimum Gasteiger partial charge on any atom is -0.214 e. The first-order valence-corrected chi connectivity index (χ1v) is 5.24. The van der Waals surface area contributed by atoms with Gasteiger partial charge in [-0.15, -0.1) is 5.69 Å². The first-order chi connectivity index (χ1) is 9.68. The molecule has 0 saturated carbocycles. The van der Waals surface area contributed by atoms with Crippen LogP contribution in [0.2, 0.25) is 0 Å². The number of amides is 1. The van der Waals surface area contributed by atoms with Crippen molar-refractivity contribution in [3.8, 4) is 0 Å². The molecule has 0 spiro atoms. The zero-order valence-electron chi connectivity index (χ0n) is 11.1. The zero-order valence-corrected chi connectivity index (χ0v) is 12.2. The summed E-state index contributed by atoms with van der Waals surface area (Å²) in [4.78, 5) is 10.4. The fourth-order valence-electron chi connectivity index (χ4n) is 1.02. The van der Waals surface area contributed by atoms with Crippen molar-refractivity contribution < 1.29 is 35.6 Å². The summed E-state index contributed by atoms with van der Waals surface area (Å²) in [5.74, 6) is -0.607. The van der Waals surface area contributed by atoms with Gasteiger partial charge in [0.25, 0.3) is 0 Å². The van der Waals surface area contributed by atoms with Crippen molar-refractivity contribution >= 4 is 11.6 Å². The minimum absolute atomic E-state index is 0. The maximum Gasteiger partial charge on any atom is 2.00 e. The number of benzene rings is 1. The molecule has 6 heteroatoms. The Morgan fingerprint density at radius 2 is 1.52 bits per heavy atom. The Hall–Kier alpha value is -2.03. The molecule has 0 atom stereocenters. The maximum absolute atomic E-state index is 12.3. The molecule has 4 nitrogen and oxygen atoms in total. The van der Waals surface area contributed by atoms with Crippen LogP contribution in [-0.4, -0.2) is 5.91 Å². The number of hydrogen-bond donors (Lipinski definition) is 0. The average Bonchev–Trinajstić information content (AvgIpc) is 3.05. The number of hydrogen-bond acceptors (Lipinski definition) is 1. The molecule has 2 aromatic carbocycles. The van der Waals surface area contributed by atoms with Gasteiger partial charge in [0, 0.05) is 0 Å². The Morgan fingerprint density at radius 3 is 1.81 bits per heavy atom. The molecule has 1 amide bonds. The van der Waals surface area contributed by atoms with Gasteiger partial charge >= 0.3 is 39.7 Å². The predicted octanol–water partition coefficient (Wildman–Crippen LogP) is 3.71. The summed E-state index contributed by atoms with van der Waals surface area (Å²) in [6.07, 6.45) is 0. The first kappa shape index (κ1) is 24.0. The summed E-state index contributed by atoms with van der Waals surface area (Å²) >= 11 is 0. The minimum atomic E-state index is -0.326. The van der Waals surface area contributed by atoms with Gasteiger partial charge in [0.15, 0.2) is 0 Å². The van der Waals surface area contributed by atoms with Gasteiger partial charge in [0.2, 0.25) is 0 Å². The van der Waals surface area contributed by atoms with E-state index in [2.05, 4.69) is 18.6 Å². The second kappa shape index (κ2) is 18.0. The molecule has 0 aliphatic heterocycles. The van der Waals surface area contributed by atoms with Crippen LogP contribution in [-0.2, 0) is 31.2 Å². The van der Waals surface area contributed by atoms with Gasteiger partial charge in [-0.3, -0.25) is 0 Å². The molecule has 2 rings (SSSR count). The van der Waals surface area contributed by atoms with E-state index in [1.54, 1.807) is 0 Å². The number of rotatable bonds is 1. The van der Waals surface area contributed by atoms with Gasteiger partial charge in [-0.25, -0.2) is 16.5 Å². The number of halogens is 1. The number of carbonyl (C=O) groups is 1. The standard InChI is InChI=1S/C8H8FNO.C5H5.2CO.Fe/c1-6(11)10-8-4-2-7(9)3-5-8;1-2-4-5-3-1;2*1-2;/h2-5H,1H3,(H,10,11);1-5H;;;/q;-1;;;+2/p-1. The Kier molecular flexibility index (Phi) is 20.6. The summed E-state index contributed by atoms with van der Waals surface area (Å²) in [5, 5.41) is 3.60. The van der Waals surface area contributed by atoms with Crippen molar-refractivity contribution in [2.75, 3.05) is 0 Å². The van der Waals surface area contributed by atoms with Crippen molar-refractivity contribution in [3.63, 3.8) is 0 Å². The summed E-state index contributed by atoms with van der Waals surface area (Å²) in [7, 11) is 0. The van der Waals surface area contributed by atoms with Crippen molar-refractivity contribution in [2.24, 2.45) is 0 Å². The summed E-state index contributed by atoms with van der Waals surface area (Å²) in [6.45, 7) is 10.4. The SMILES string of the molecule is CC(=O)[N-]c1ccc(F)cc1.[C-]#[O+].[C-]#[O+].[Fe+2].c1cc[cH-]c1. The Morgan fingerprint density at radius 1 is 1.10 bits per heavy atom. The van der Waals surface area contributed by atoms with E-state index in [9.17, 15) is 9.18 Å². The number of carbonyl (C=O) groups excluding carboxylic acids is 1. The topological polar surface area (TPSA) is 71.0 Å². The predicted molar refractivity (Wildman–Crippen MR) is 70.0 cm³/mol. The Bertz CT molecular complexity index is 469. The van der Waals surface area contributed by atoms with Crippen LogP contribution >= 0.6 is 0 Å². The Balaban J connectivity index is -0.000000273.